The number of nitrogens with one attached hydrogen (secondary N) is 3. The fourth-order valence-corrected chi connectivity index (χ4v) is 6.53. The zero-order valence-corrected chi connectivity index (χ0v) is 25.0. The van der Waals surface area contributed by atoms with Crippen molar-refractivity contribution in [2.24, 2.45) is 5.92 Å². The number of fused-ring (bicyclic) bond motifs is 3. The minimum absolute atomic E-state index is 0.0231. The number of carboxylic acids is 1. The van der Waals surface area contributed by atoms with Gasteiger partial charge in [0.15, 0.2) is 0 Å². The van der Waals surface area contributed by atoms with Crippen LogP contribution in [0.25, 0.3) is 0 Å². The maximum atomic E-state index is 14.0. The largest absolute Gasteiger partial charge is 0.479 e. The van der Waals surface area contributed by atoms with Crippen LogP contribution in [0, 0.1) is 5.92 Å². The van der Waals surface area contributed by atoms with Gasteiger partial charge in [-0.1, -0.05) is 49.8 Å². The summed E-state index contributed by atoms with van der Waals surface area (Å²) in [4.78, 5) is 69.1. The molecule has 1 saturated carbocycles. The lowest BCUT2D eigenvalue weighted by Crippen LogP contribution is -2.56. The number of rotatable bonds is 4. The number of ether oxygens (including phenoxy) is 1. The van der Waals surface area contributed by atoms with Gasteiger partial charge in [0, 0.05) is 24.7 Å². The average molecular weight is 608 g/mol. The van der Waals surface area contributed by atoms with Gasteiger partial charge in [-0.15, -0.1) is 0 Å². The third-order valence-corrected chi connectivity index (χ3v) is 8.90. The zero-order chi connectivity index (χ0) is 31.4. The van der Waals surface area contributed by atoms with E-state index in [0.717, 1.165) is 43.4 Å². The number of amides is 5. The first-order valence-electron chi connectivity index (χ1n) is 15.4. The number of urea groups is 1. The minimum Gasteiger partial charge on any atom is -0.479 e. The molecular formula is C32H41N5O7. The summed E-state index contributed by atoms with van der Waals surface area (Å²) in [5.74, 6) is -2.40. The number of hydrogen-bond donors (Lipinski definition) is 4. The molecule has 1 aliphatic carbocycles. The number of carbonyl (C=O) groups is 5. The summed E-state index contributed by atoms with van der Waals surface area (Å²) in [5.41, 5.74) is 0.462. The lowest BCUT2D eigenvalue weighted by Gasteiger charge is -2.31. The SMILES string of the molecule is C=C(C)OC(=O)N[C@H]1CCCCC/C=C\[C@@H]2C[C@@]2(C(=O)O)NC(=O)[C@@H]2C[C@@H](NC(=O)N3CCCc4ccccc43)CN2C1=O. The second kappa shape index (κ2) is 13.1. The number of alkyl carbamates (subject to hydrolysis) is 1. The molecule has 4 aliphatic rings. The summed E-state index contributed by atoms with van der Waals surface area (Å²) < 4.78 is 5.06. The summed E-state index contributed by atoms with van der Waals surface area (Å²) in [5, 5.41) is 18.4. The number of anilines is 1. The van der Waals surface area contributed by atoms with Crippen LogP contribution in [0.5, 0.6) is 0 Å². The predicted molar refractivity (Wildman–Crippen MR) is 162 cm³/mol. The van der Waals surface area contributed by atoms with Crippen LogP contribution in [-0.2, 0) is 25.5 Å². The van der Waals surface area contributed by atoms with Crippen molar-refractivity contribution >= 4 is 35.6 Å². The monoisotopic (exact) mass is 607 g/mol. The molecule has 44 heavy (non-hydrogen) atoms. The molecule has 12 nitrogen and oxygen atoms in total. The summed E-state index contributed by atoms with van der Waals surface area (Å²) in [6, 6.07) is 4.78. The van der Waals surface area contributed by atoms with Crippen LogP contribution >= 0.6 is 0 Å². The van der Waals surface area contributed by atoms with Gasteiger partial charge < -0.3 is 30.7 Å². The molecular weight excluding hydrogens is 566 g/mol. The highest BCUT2D eigenvalue weighted by molar-refractivity contribution is 5.97. The van der Waals surface area contributed by atoms with Crippen LogP contribution in [0.2, 0.25) is 0 Å². The molecule has 1 aromatic carbocycles. The summed E-state index contributed by atoms with van der Waals surface area (Å²) >= 11 is 0. The first-order chi connectivity index (χ1) is 21.1. The van der Waals surface area contributed by atoms with Crippen molar-refractivity contribution in [3.8, 4) is 0 Å². The number of benzene rings is 1. The van der Waals surface area contributed by atoms with Gasteiger partial charge in [-0.05, 0) is 63.5 Å². The quantitative estimate of drug-likeness (QED) is 0.302. The van der Waals surface area contributed by atoms with Crippen molar-refractivity contribution in [1.29, 1.82) is 0 Å². The fourth-order valence-electron chi connectivity index (χ4n) is 6.53. The van der Waals surface area contributed by atoms with Crippen LogP contribution < -0.4 is 20.9 Å². The summed E-state index contributed by atoms with van der Waals surface area (Å²) in [6.45, 7) is 5.65. The van der Waals surface area contributed by atoms with Gasteiger partial charge in [-0.2, -0.15) is 0 Å². The fraction of sp³-hybridized carbons (Fsp3) is 0.531. The van der Waals surface area contributed by atoms with Gasteiger partial charge in [-0.25, -0.2) is 14.4 Å². The number of aliphatic carboxylic acids is 1. The number of allylic oxidation sites excluding steroid dienone is 2. The summed E-state index contributed by atoms with van der Waals surface area (Å²) in [7, 11) is 0. The second-order valence-electron chi connectivity index (χ2n) is 12.2. The van der Waals surface area contributed by atoms with Crippen molar-refractivity contribution in [2.45, 2.75) is 88.4 Å². The van der Waals surface area contributed by atoms with E-state index in [2.05, 4.69) is 22.5 Å². The van der Waals surface area contributed by atoms with E-state index in [9.17, 15) is 29.1 Å². The average Bonchev–Trinajstić information content (AvgIpc) is 3.52. The van der Waals surface area contributed by atoms with Gasteiger partial charge >= 0.3 is 18.1 Å². The molecule has 1 saturated heterocycles. The van der Waals surface area contributed by atoms with Crippen molar-refractivity contribution in [1.82, 2.24) is 20.9 Å². The smallest absolute Gasteiger partial charge is 0.412 e. The van der Waals surface area contributed by atoms with E-state index in [-0.39, 0.29) is 37.1 Å². The molecule has 0 radical (unpaired) electrons. The van der Waals surface area contributed by atoms with Gasteiger partial charge in [0.25, 0.3) is 0 Å². The number of carboxylic acid groups (broad SMARTS) is 1. The second-order valence-corrected chi connectivity index (χ2v) is 12.2. The molecule has 5 rings (SSSR count). The van der Waals surface area contributed by atoms with Crippen molar-refractivity contribution < 1.29 is 33.8 Å². The molecule has 3 aliphatic heterocycles. The number of hydrogen-bond acceptors (Lipinski definition) is 6. The normalized spacial score (nSPS) is 29.4. The van der Waals surface area contributed by atoms with Crippen LogP contribution in [0.1, 0.15) is 63.9 Å². The predicted octanol–water partition coefficient (Wildman–Crippen LogP) is 3.23. The Morgan fingerprint density at radius 3 is 2.68 bits per heavy atom. The van der Waals surface area contributed by atoms with E-state index >= 15 is 0 Å². The van der Waals surface area contributed by atoms with Crippen LogP contribution in [0.4, 0.5) is 15.3 Å². The lowest BCUT2D eigenvalue weighted by molar-refractivity contribution is -0.145. The van der Waals surface area contributed by atoms with Gasteiger partial charge in [0.1, 0.15) is 17.6 Å². The van der Waals surface area contributed by atoms with Crippen LogP contribution in [0.15, 0.2) is 48.8 Å². The molecule has 0 unspecified atom stereocenters. The van der Waals surface area contributed by atoms with E-state index in [1.807, 2.05) is 36.4 Å². The maximum absolute atomic E-state index is 14.0. The van der Waals surface area contributed by atoms with Gasteiger partial charge in [0.05, 0.1) is 11.8 Å². The first kappa shape index (κ1) is 31.1. The number of para-hydroxylation sites is 1. The Labute approximate surface area is 256 Å². The number of aryl methyl sites for hydroxylation is 1. The first-order valence-corrected chi connectivity index (χ1v) is 15.4. The molecule has 3 heterocycles. The Kier molecular flexibility index (Phi) is 9.26. The number of carbonyl (C=O) groups excluding carboxylic acids is 4. The summed E-state index contributed by atoms with van der Waals surface area (Å²) in [6.07, 6.45) is 8.32. The molecule has 0 aromatic heterocycles. The Morgan fingerprint density at radius 2 is 1.91 bits per heavy atom. The highest BCUT2D eigenvalue weighted by atomic mass is 16.6. The molecule has 0 spiro atoms. The minimum atomic E-state index is -1.44. The van der Waals surface area contributed by atoms with E-state index in [1.165, 1.54) is 11.8 Å². The highest BCUT2D eigenvalue weighted by Crippen LogP contribution is 2.45. The van der Waals surface area contributed by atoms with Crippen LogP contribution in [0.3, 0.4) is 0 Å². The molecule has 5 atom stereocenters. The Morgan fingerprint density at radius 1 is 1.11 bits per heavy atom. The van der Waals surface area contributed by atoms with Crippen molar-refractivity contribution in [3.05, 3.63) is 54.3 Å². The molecule has 5 amide bonds. The lowest BCUT2D eigenvalue weighted by atomic mass is 10.0. The third-order valence-electron chi connectivity index (χ3n) is 8.90. The molecule has 4 N–H and O–H groups in total. The van der Waals surface area contributed by atoms with E-state index in [0.29, 0.717) is 19.4 Å². The van der Waals surface area contributed by atoms with Gasteiger partial charge in [0.2, 0.25) is 11.8 Å². The molecule has 0 bridgehead atoms. The highest BCUT2D eigenvalue weighted by Gasteiger charge is 2.61. The van der Waals surface area contributed by atoms with Crippen molar-refractivity contribution in [3.63, 3.8) is 0 Å². The Hall–Kier alpha value is -4.35. The van der Waals surface area contributed by atoms with Crippen LogP contribution in [-0.4, -0.2) is 76.7 Å². The molecule has 12 heteroatoms. The molecule has 1 aromatic rings. The Bertz CT molecular complexity index is 1360. The standard InChI is InChI=1S/C32H41N5O7/c1-20(2)44-31(43)34-24-14-7-5-3-4-6-13-22-18-32(22,29(40)41)35-27(38)26-17-23(19-37(26)28(24)39)33-30(42)36-16-10-12-21-11-8-9-15-25(21)36/h6,8-9,11,13,15,22-24,26H,1,3-5,7,10,12,14,16-19H2,2H3,(H,33,42)(H,34,43)(H,35,38)(H,40,41)/b13-6-/t22-,23-,24+,26+,32-/m1/s1. The third kappa shape index (κ3) is 6.74. The number of nitrogens with zero attached hydrogens (tertiary/aromatic N) is 2. The van der Waals surface area contributed by atoms with E-state index in [1.54, 1.807) is 4.90 Å². The topological polar surface area (TPSA) is 157 Å². The van der Waals surface area contributed by atoms with E-state index < -0.39 is 47.5 Å². The van der Waals surface area contributed by atoms with E-state index in [4.69, 9.17) is 4.74 Å². The zero-order valence-electron chi connectivity index (χ0n) is 25.0. The maximum Gasteiger partial charge on any atom is 0.412 e. The Balaban J connectivity index is 1.39. The van der Waals surface area contributed by atoms with Crippen molar-refractivity contribution in [2.75, 3.05) is 18.0 Å². The molecule has 236 valence electrons. The molecule has 2 fully saturated rings. The van der Waals surface area contributed by atoms with Gasteiger partial charge in [-0.3, -0.25) is 14.5 Å².